The molecule has 2 aromatic carbocycles. The van der Waals surface area contributed by atoms with E-state index in [1.807, 2.05) is 6.92 Å². The Morgan fingerprint density at radius 2 is 1.86 bits per heavy atom. The van der Waals surface area contributed by atoms with Gasteiger partial charge in [-0.1, -0.05) is 0 Å². The fraction of sp³-hybridized carbons (Fsp3) is 0.188. The molecule has 0 bridgehead atoms. The molecule has 6 heteroatoms. The molecule has 3 rings (SSSR count). The maximum Gasteiger partial charge on any atom is 0.339 e. The van der Waals surface area contributed by atoms with Crippen molar-refractivity contribution in [3.8, 4) is 17.2 Å². The van der Waals surface area contributed by atoms with Gasteiger partial charge in [-0.05, 0) is 30.7 Å². The number of carboxylic acids is 1. The molecular formula is C16H14O6. The van der Waals surface area contributed by atoms with E-state index in [9.17, 15) is 15.0 Å². The Morgan fingerprint density at radius 3 is 2.45 bits per heavy atom. The zero-order valence-corrected chi connectivity index (χ0v) is 12.3. The van der Waals surface area contributed by atoms with Crippen molar-refractivity contribution >= 4 is 27.9 Å². The van der Waals surface area contributed by atoms with Gasteiger partial charge in [0.2, 0.25) is 5.75 Å². The number of aryl methyl sites for hydroxylation is 1. The van der Waals surface area contributed by atoms with Gasteiger partial charge in [-0.2, -0.15) is 0 Å². The van der Waals surface area contributed by atoms with Crippen molar-refractivity contribution in [1.82, 2.24) is 0 Å². The molecule has 0 saturated carbocycles. The summed E-state index contributed by atoms with van der Waals surface area (Å²) in [4.78, 5) is 11.5. The highest BCUT2D eigenvalue weighted by molar-refractivity contribution is 6.14. The van der Waals surface area contributed by atoms with Gasteiger partial charge in [0.15, 0.2) is 11.3 Å². The summed E-state index contributed by atoms with van der Waals surface area (Å²) in [7, 11) is 2.90. The number of phenols is 1. The number of hydrogen-bond donors (Lipinski definition) is 2. The van der Waals surface area contributed by atoms with Crippen LogP contribution >= 0.6 is 0 Å². The molecule has 0 aliphatic rings. The van der Waals surface area contributed by atoms with E-state index < -0.39 is 5.97 Å². The third-order valence-electron chi connectivity index (χ3n) is 3.64. The third kappa shape index (κ3) is 1.84. The molecule has 3 aromatic rings. The first kappa shape index (κ1) is 14.1. The Morgan fingerprint density at radius 1 is 1.14 bits per heavy atom. The van der Waals surface area contributed by atoms with Crippen LogP contribution in [0.2, 0.25) is 0 Å². The Hall–Kier alpha value is -2.89. The van der Waals surface area contributed by atoms with Crippen LogP contribution in [0.4, 0.5) is 0 Å². The van der Waals surface area contributed by atoms with Gasteiger partial charge in [-0.25, -0.2) is 4.79 Å². The van der Waals surface area contributed by atoms with E-state index in [1.165, 1.54) is 20.3 Å². The number of furan rings is 1. The van der Waals surface area contributed by atoms with Crippen LogP contribution in [0, 0.1) is 6.92 Å². The minimum Gasteiger partial charge on any atom is -0.502 e. The standard InChI is InChI=1S/C16H14O6/c1-7-4-11(21-3)13(17)15-12(7)9-5-8(20-2)6-10(16(18)19)14(9)22-15/h4-6,17H,1-3H3,(H,18,19). The van der Waals surface area contributed by atoms with E-state index in [2.05, 4.69) is 0 Å². The van der Waals surface area contributed by atoms with Crippen molar-refractivity contribution in [2.75, 3.05) is 14.2 Å². The molecule has 1 heterocycles. The van der Waals surface area contributed by atoms with Crippen LogP contribution < -0.4 is 9.47 Å². The number of methoxy groups -OCH3 is 2. The van der Waals surface area contributed by atoms with E-state index >= 15 is 0 Å². The number of aromatic carboxylic acids is 1. The number of phenolic OH excluding ortho intramolecular Hbond substituents is 1. The number of rotatable bonds is 3. The summed E-state index contributed by atoms with van der Waals surface area (Å²) in [5.41, 5.74) is 1.16. The maximum atomic E-state index is 11.5. The Balaban J connectivity index is 2.54. The van der Waals surface area contributed by atoms with E-state index in [0.29, 0.717) is 16.5 Å². The van der Waals surface area contributed by atoms with Gasteiger partial charge < -0.3 is 24.1 Å². The summed E-state index contributed by atoms with van der Waals surface area (Å²) >= 11 is 0. The van der Waals surface area contributed by atoms with Gasteiger partial charge in [0.25, 0.3) is 0 Å². The monoisotopic (exact) mass is 302 g/mol. The lowest BCUT2D eigenvalue weighted by molar-refractivity contribution is 0.0697. The van der Waals surface area contributed by atoms with Gasteiger partial charge >= 0.3 is 5.97 Å². The number of carbonyl (C=O) groups is 1. The molecule has 1 aromatic heterocycles. The van der Waals surface area contributed by atoms with Crippen LogP contribution in [0.15, 0.2) is 22.6 Å². The molecule has 0 aliphatic heterocycles. The summed E-state index contributed by atoms with van der Waals surface area (Å²) in [6.45, 7) is 1.83. The molecule has 0 unspecified atom stereocenters. The molecule has 0 atom stereocenters. The van der Waals surface area contributed by atoms with Crippen LogP contribution in [0.1, 0.15) is 15.9 Å². The van der Waals surface area contributed by atoms with Crippen molar-refractivity contribution < 1.29 is 28.9 Å². The first-order valence-corrected chi connectivity index (χ1v) is 6.52. The zero-order valence-electron chi connectivity index (χ0n) is 12.3. The molecular weight excluding hydrogens is 288 g/mol. The third-order valence-corrected chi connectivity index (χ3v) is 3.64. The molecule has 0 spiro atoms. The second kappa shape index (κ2) is 4.84. The Bertz CT molecular complexity index is 906. The lowest BCUT2D eigenvalue weighted by Crippen LogP contribution is -1.97. The van der Waals surface area contributed by atoms with Crippen LogP contribution in [0.3, 0.4) is 0 Å². The van der Waals surface area contributed by atoms with Crippen LogP contribution in [0.25, 0.3) is 21.9 Å². The molecule has 22 heavy (non-hydrogen) atoms. The number of aromatic hydroxyl groups is 1. The second-order valence-electron chi connectivity index (χ2n) is 4.91. The molecule has 0 amide bonds. The predicted molar refractivity (Wildman–Crippen MR) is 80.2 cm³/mol. The largest absolute Gasteiger partial charge is 0.502 e. The Labute approximate surface area is 125 Å². The van der Waals surface area contributed by atoms with Crippen LogP contribution in [0.5, 0.6) is 17.2 Å². The SMILES string of the molecule is COc1cc(C(=O)O)c2oc3c(O)c(OC)cc(C)c3c2c1. The highest BCUT2D eigenvalue weighted by Crippen LogP contribution is 2.43. The van der Waals surface area contributed by atoms with Crippen LogP contribution in [-0.4, -0.2) is 30.4 Å². The molecule has 0 fully saturated rings. The van der Waals surface area contributed by atoms with Gasteiger partial charge in [0, 0.05) is 10.8 Å². The number of carboxylic acid groups (broad SMARTS) is 1. The minimum atomic E-state index is -1.13. The molecule has 2 N–H and O–H groups in total. The molecule has 114 valence electrons. The van der Waals surface area contributed by atoms with Crippen molar-refractivity contribution in [2.45, 2.75) is 6.92 Å². The minimum absolute atomic E-state index is 0.0247. The van der Waals surface area contributed by atoms with Gasteiger partial charge in [0.05, 0.1) is 14.2 Å². The second-order valence-corrected chi connectivity index (χ2v) is 4.91. The van der Waals surface area contributed by atoms with Gasteiger partial charge in [-0.3, -0.25) is 0 Å². The fourth-order valence-electron chi connectivity index (χ4n) is 2.61. The average Bonchev–Trinajstić information content (AvgIpc) is 2.89. The molecule has 0 saturated heterocycles. The summed E-state index contributed by atoms with van der Waals surface area (Å²) in [5, 5.41) is 20.8. The maximum absolute atomic E-state index is 11.5. The van der Waals surface area contributed by atoms with Crippen molar-refractivity contribution in [3.63, 3.8) is 0 Å². The lowest BCUT2D eigenvalue weighted by atomic mass is 10.0. The smallest absolute Gasteiger partial charge is 0.339 e. The normalized spacial score (nSPS) is 11.0. The van der Waals surface area contributed by atoms with Crippen molar-refractivity contribution in [2.24, 2.45) is 0 Å². The highest BCUT2D eigenvalue weighted by Gasteiger charge is 2.22. The van der Waals surface area contributed by atoms with E-state index in [0.717, 1.165) is 5.56 Å². The first-order chi connectivity index (χ1) is 10.5. The van der Waals surface area contributed by atoms with Crippen molar-refractivity contribution in [3.05, 3.63) is 29.3 Å². The number of ether oxygens (including phenoxy) is 2. The fourth-order valence-corrected chi connectivity index (χ4v) is 2.61. The van der Waals surface area contributed by atoms with E-state index in [4.69, 9.17) is 13.9 Å². The predicted octanol–water partition coefficient (Wildman–Crippen LogP) is 3.32. The number of benzene rings is 2. The molecule has 0 aliphatic carbocycles. The average molecular weight is 302 g/mol. The van der Waals surface area contributed by atoms with E-state index in [-0.39, 0.29) is 28.2 Å². The van der Waals surface area contributed by atoms with Gasteiger partial charge in [0.1, 0.15) is 16.9 Å². The molecule has 6 nitrogen and oxygen atoms in total. The Kier molecular flexibility index (Phi) is 3.09. The number of fused-ring (bicyclic) bond motifs is 3. The summed E-state index contributed by atoms with van der Waals surface area (Å²) in [5.74, 6) is -0.614. The highest BCUT2D eigenvalue weighted by atomic mass is 16.5. The molecule has 0 radical (unpaired) electrons. The summed E-state index contributed by atoms with van der Waals surface area (Å²) < 4.78 is 15.9. The number of hydrogen-bond acceptors (Lipinski definition) is 5. The summed E-state index contributed by atoms with van der Waals surface area (Å²) in [6, 6.07) is 4.75. The summed E-state index contributed by atoms with van der Waals surface area (Å²) in [6.07, 6.45) is 0. The van der Waals surface area contributed by atoms with Gasteiger partial charge in [-0.15, -0.1) is 0 Å². The quantitative estimate of drug-likeness (QED) is 0.771. The van der Waals surface area contributed by atoms with E-state index in [1.54, 1.807) is 12.1 Å². The van der Waals surface area contributed by atoms with Crippen molar-refractivity contribution in [1.29, 1.82) is 0 Å². The first-order valence-electron chi connectivity index (χ1n) is 6.52. The zero-order chi connectivity index (χ0) is 16.0. The van der Waals surface area contributed by atoms with Crippen LogP contribution in [-0.2, 0) is 0 Å². The topological polar surface area (TPSA) is 89.1 Å². The lowest BCUT2D eigenvalue weighted by Gasteiger charge is -2.05.